The number of allylic oxidation sites excluding steroid dienone is 3. The second-order valence-corrected chi connectivity index (χ2v) is 8.80. The van der Waals surface area contributed by atoms with E-state index in [1.54, 1.807) is 0 Å². The molecule has 2 rings (SSSR count). The summed E-state index contributed by atoms with van der Waals surface area (Å²) in [5.41, 5.74) is 0.518. The van der Waals surface area contributed by atoms with Crippen molar-refractivity contribution >= 4 is 11.8 Å². The van der Waals surface area contributed by atoms with Crippen molar-refractivity contribution in [2.75, 3.05) is 0 Å². The molecule has 4 nitrogen and oxygen atoms in total. The van der Waals surface area contributed by atoms with Crippen LogP contribution in [0.25, 0.3) is 0 Å². The maximum Gasteiger partial charge on any atom is 0.303 e. The highest BCUT2D eigenvalue weighted by Crippen LogP contribution is 2.56. The fourth-order valence-electron chi connectivity index (χ4n) is 4.69. The average molecular weight is 363 g/mol. The Kier molecular flexibility index (Phi) is 6.17. The molecule has 0 radical (unpaired) electrons. The molecule has 2 aliphatic carbocycles. The summed E-state index contributed by atoms with van der Waals surface area (Å²) in [6, 6.07) is 0. The van der Waals surface area contributed by atoms with E-state index in [1.165, 1.54) is 6.92 Å². The predicted octanol–water partition coefficient (Wildman–Crippen LogP) is 4.37. The zero-order chi connectivity index (χ0) is 19.7. The van der Waals surface area contributed by atoms with Crippen LogP contribution < -0.4 is 0 Å². The third-order valence-corrected chi connectivity index (χ3v) is 6.66. The summed E-state index contributed by atoms with van der Waals surface area (Å²) >= 11 is 0. The fraction of sp³-hybridized carbons (Fsp3) is 0.727. The first-order valence-electron chi connectivity index (χ1n) is 9.77. The number of carbonyl (C=O) groups excluding carboxylic acids is 2. The average Bonchev–Trinajstić information content (AvgIpc) is 2.80. The molecule has 1 saturated carbocycles. The van der Waals surface area contributed by atoms with Gasteiger partial charge < -0.3 is 9.84 Å². The number of ketones is 1. The van der Waals surface area contributed by atoms with E-state index < -0.39 is 17.1 Å². The minimum absolute atomic E-state index is 0.0274. The van der Waals surface area contributed by atoms with Crippen LogP contribution in [0.3, 0.4) is 0 Å². The molecular weight excluding hydrogens is 328 g/mol. The molecule has 26 heavy (non-hydrogen) atoms. The molecule has 0 aromatic carbocycles. The maximum absolute atomic E-state index is 12.8. The van der Waals surface area contributed by atoms with Crippen molar-refractivity contribution in [3.63, 3.8) is 0 Å². The number of Topliss-reactive ketones (excluding diaryl/α,β-unsaturated/α-hetero) is 1. The molecule has 0 heterocycles. The van der Waals surface area contributed by atoms with Crippen LogP contribution in [0, 0.1) is 17.3 Å². The summed E-state index contributed by atoms with van der Waals surface area (Å²) in [6.45, 7) is 11.4. The third-order valence-electron chi connectivity index (χ3n) is 6.66. The van der Waals surface area contributed by atoms with Crippen LogP contribution in [0.4, 0.5) is 0 Å². The fourth-order valence-corrected chi connectivity index (χ4v) is 4.69. The molecular formula is C22H34O4. The van der Waals surface area contributed by atoms with Crippen LogP contribution in [-0.2, 0) is 14.3 Å². The Morgan fingerprint density at radius 1 is 1.31 bits per heavy atom. The summed E-state index contributed by atoms with van der Waals surface area (Å²) < 4.78 is 5.73. The highest BCUT2D eigenvalue weighted by molar-refractivity contribution is 5.95. The van der Waals surface area contributed by atoms with Crippen molar-refractivity contribution in [3.05, 3.63) is 23.3 Å². The minimum Gasteiger partial charge on any atom is -0.458 e. The van der Waals surface area contributed by atoms with E-state index in [2.05, 4.69) is 6.92 Å². The SMILES string of the molecule is CC(=O)O[C@@H]1/C=C(\C)CC/C=C(\C)C(=O)C[C@H]2[C@@]1(C)CC[C@]2(O)C(C)C. The molecule has 0 aromatic heterocycles. The molecule has 0 spiro atoms. The van der Waals surface area contributed by atoms with Gasteiger partial charge in [-0.1, -0.05) is 32.4 Å². The van der Waals surface area contributed by atoms with E-state index in [0.29, 0.717) is 6.42 Å². The molecule has 0 aromatic rings. The molecule has 0 unspecified atom stereocenters. The van der Waals surface area contributed by atoms with Crippen LogP contribution in [0.5, 0.6) is 0 Å². The van der Waals surface area contributed by atoms with Crippen LogP contribution in [0.2, 0.25) is 0 Å². The van der Waals surface area contributed by atoms with Gasteiger partial charge in [-0.15, -0.1) is 0 Å². The monoisotopic (exact) mass is 362 g/mol. The van der Waals surface area contributed by atoms with Crippen LogP contribution in [0.1, 0.15) is 73.6 Å². The number of esters is 1. The second kappa shape index (κ2) is 7.67. The minimum atomic E-state index is -0.932. The maximum atomic E-state index is 12.8. The zero-order valence-corrected chi connectivity index (χ0v) is 17.1. The van der Waals surface area contributed by atoms with Crippen molar-refractivity contribution in [1.82, 2.24) is 0 Å². The van der Waals surface area contributed by atoms with Gasteiger partial charge in [-0.25, -0.2) is 0 Å². The molecule has 0 amide bonds. The van der Waals surface area contributed by atoms with Crippen LogP contribution >= 0.6 is 0 Å². The van der Waals surface area contributed by atoms with Gasteiger partial charge in [0.1, 0.15) is 6.10 Å². The Morgan fingerprint density at radius 3 is 2.54 bits per heavy atom. The number of fused-ring (bicyclic) bond motifs is 1. The second-order valence-electron chi connectivity index (χ2n) is 8.80. The van der Waals surface area contributed by atoms with Crippen LogP contribution in [-0.4, -0.2) is 28.6 Å². The van der Waals surface area contributed by atoms with E-state index >= 15 is 0 Å². The molecule has 146 valence electrons. The zero-order valence-electron chi connectivity index (χ0n) is 17.1. The Balaban J connectivity index is 2.57. The number of hydrogen-bond donors (Lipinski definition) is 1. The molecule has 4 atom stereocenters. The van der Waals surface area contributed by atoms with Gasteiger partial charge in [-0.05, 0) is 57.1 Å². The van der Waals surface area contributed by atoms with Gasteiger partial charge in [0.2, 0.25) is 0 Å². The van der Waals surface area contributed by atoms with Gasteiger partial charge in [0.25, 0.3) is 0 Å². The Morgan fingerprint density at radius 2 is 1.96 bits per heavy atom. The van der Waals surface area contributed by atoms with Gasteiger partial charge in [-0.2, -0.15) is 0 Å². The van der Waals surface area contributed by atoms with Crippen molar-refractivity contribution in [2.24, 2.45) is 17.3 Å². The lowest BCUT2D eigenvalue weighted by Crippen LogP contribution is -2.48. The molecule has 0 aliphatic heterocycles. The molecule has 1 fully saturated rings. The Hall–Kier alpha value is -1.42. The summed E-state index contributed by atoms with van der Waals surface area (Å²) in [5.74, 6) is -0.463. The number of hydrogen-bond acceptors (Lipinski definition) is 4. The summed E-state index contributed by atoms with van der Waals surface area (Å²) in [5, 5.41) is 11.5. The van der Waals surface area contributed by atoms with E-state index in [4.69, 9.17) is 4.74 Å². The molecule has 2 aliphatic rings. The standard InChI is InChI=1S/C22H34O4/c1-14(2)22(25)11-10-21(6)19(22)13-18(24)16(4)9-7-8-15(3)12-20(21)26-17(5)23/h9,12,14,19-20,25H,7-8,10-11,13H2,1-6H3/b15-12+,16-9+/t19-,20+,21+,22-/m0/s1. The van der Waals surface area contributed by atoms with Gasteiger partial charge in [-0.3, -0.25) is 9.59 Å². The lowest BCUT2D eigenvalue weighted by molar-refractivity contribution is -0.155. The summed E-state index contributed by atoms with van der Waals surface area (Å²) in [7, 11) is 0. The number of ether oxygens (including phenoxy) is 1. The molecule has 1 N–H and O–H groups in total. The van der Waals surface area contributed by atoms with Gasteiger partial charge in [0.05, 0.1) is 5.60 Å². The quantitative estimate of drug-likeness (QED) is 0.585. The highest BCUT2D eigenvalue weighted by atomic mass is 16.5. The highest BCUT2D eigenvalue weighted by Gasteiger charge is 2.59. The molecule has 0 saturated heterocycles. The normalized spacial score (nSPS) is 40.1. The molecule has 0 bridgehead atoms. The predicted molar refractivity (Wildman–Crippen MR) is 103 cm³/mol. The number of aliphatic hydroxyl groups is 1. The third kappa shape index (κ3) is 3.95. The smallest absolute Gasteiger partial charge is 0.303 e. The van der Waals surface area contributed by atoms with E-state index in [9.17, 15) is 14.7 Å². The van der Waals surface area contributed by atoms with E-state index in [-0.39, 0.29) is 30.0 Å². The van der Waals surface area contributed by atoms with Crippen molar-refractivity contribution in [2.45, 2.75) is 85.4 Å². The lowest BCUT2D eigenvalue weighted by atomic mass is 9.66. The first-order valence-corrected chi connectivity index (χ1v) is 9.77. The Bertz CT molecular complexity index is 630. The van der Waals surface area contributed by atoms with Gasteiger partial charge >= 0.3 is 5.97 Å². The van der Waals surface area contributed by atoms with Crippen molar-refractivity contribution in [3.8, 4) is 0 Å². The van der Waals surface area contributed by atoms with E-state index in [1.807, 2.05) is 39.8 Å². The van der Waals surface area contributed by atoms with Gasteiger partial charge in [0.15, 0.2) is 5.78 Å². The first kappa shape index (κ1) is 20.9. The molecule has 4 heteroatoms. The lowest BCUT2D eigenvalue weighted by Gasteiger charge is -2.43. The van der Waals surface area contributed by atoms with Crippen LogP contribution in [0.15, 0.2) is 23.3 Å². The summed E-state index contributed by atoms with van der Waals surface area (Å²) in [4.78, 5) is 24.6. The Labute approximate surface area is 157 Å². The largest absolute Gasteiger partial charge is 0.458 e. The topological polar surface area (TPSA) is 63.6 Å². The van der Waals surface area contributed by atoms with Crippen molar-refractivity contribution < 1.29 is 19.4 Å². The van der Waals surface area contributed by atoms with E-state index in [0.717, 1.165) is 30.4 Å². The number of rotatable bonds is 2. The van der Waals surface area contributed by atoms with Crippen molar-refractivity contribution in [1.29, 1.82) is 0 Å². The number of carbonyl (C=O) groups is 2. The summed E-state index contributed by atoms with van der Waals surface area (Å²) in [6.07, 6.45) is 6.87. The van der Waals surface area contributed by atoms with Gasteiger partial charge in [0, 0.05) is 24.7 Å². The first-order chi connectivity index (χ1) is 12.0.